The fourth-order valence-corrected chi connectivity index (χ4v) is 3.33. The van der Waals surface area contributed by atoms with Gasteiger partial charge in [0.2, 0.25) is 11.8 Å². The van der Waals surface area contributed by atoms with Crippen molar-refractivity contribution in [2.75, 3.05) is 6.54 Å². The Morgan fingerprint density at radius 3 is 2.58 bits per heavy atom. The number of amides is 2. The number of benzene rings is 1. The highest BCUT2D eigenvalue weighted by Crippen LogP contribution is 2.24. The standard InChI is InChI=1S/C21H25N3O2/c1-16(2)24(14-17-7-4-3-5-8-17)21(26)19-11-20(25)23(15-19)13-18-9-6-10-22-12-18/h3-10,12,16,19H,11,13-15H2,1-2H3. The lowest BCUT2D eigenvalue weighted by atomic mass is 10.1. The molecule has 0 spiro atoms. The summed E-state index contributed by atoms with van der Waals surface area (Å²) in [5.41, 5.74) is 2.09. The van der Waals surface area contributed by atoms with Crippen molar-refractivity contribution in [1.82, 2.24) is 14.8 Å². The summed E-state index contributed by atoms with van der Waals surface area (Å²) >= 11 is 0. The molecule has 1 fully saturated rings. The number of carbonyl (C=O) groups is 2. The van der Waals surface area contributed by atoms with Crippen LogP contribution in [0.1, 0.15) is 31.4 Å². The number of hydrogen-bond acceptors (Lipinski definition) is 3. The first kappa shape index (κ1) is 18.1. The molecule has 1 aromatic carbocycles. The van der Waals surface area contributed by atoms with Gasteiger partial charge in [-0.15, -0.1) is 0 Å². The van der Waals surface area contributed by atoms with Crippen LogP contribution in [0.15, 0.2) is 54.9 Å². The van der Waals surface area contributed by atoms with Crippen LogP contribution in [0, 0.1) is 5.92 Å². The highest BCUT2D eigenvalue weighted by molar-refractivity contribution is 5.89. The second-order valence-corrected chi connectivity index (χ2v) is 7.08. The predicted octanol–water partition coefficient (Wildman–Crippen LogP) is 2.87. The molecule has 1 aliphatic heterocycles. The van der Waals surface area contributed by atoms with Gasteiger partial charge >= 0.3 is 0 Å². The molecule has 26 heavy (non-hydrogen) atoms. The van der Waals surface area contributed by atoms with Gasteiger partial charge in [-0.1, -0.05) is 36.4 Å². The molecule has 0 bridgehead atoms. The fraction of sp³-hybridized carbons (Fsp3) is 0.381. The van der Waals surface area contributed by atoms with Crippen LogP contribution in [-0.2, 0) is 22.7 Å². The van der Waals surface area contributed by atoms with Gasteiger partial charge in [0.1, 0.15) is 0 Å². The molecule has 5 heteroatoms. The van der Waals surface area contributed by atoms with Crippen LogP contribution in [-0.4, -0.2) is 39.2 Å². The average molecular weight is 351 g/mol. The van der Waals surface area contributed by atoms with Gasteiger partial charge in [-0.3, -0.25) is 14.6 Å². The third kappa shape index (κ3) is 4.28. The smallest absolute Gasteiger partial charge is 0.228 e. The average Bonchev–Trinajstić information content (AvgIpc) is 3.01. The van der Waals surface area contributed by atoms with Crippen molar-refractivity contribution in [1.29, 1.82) is 0 Å². The van der Waals surface area contributed by atoms with Gasteiger partial charge in [0.05, 0.1) is 5.92 Å². The van der Waals surface area contributed by atoms with Crippen molar-refractivity contribution in [2.45, 2.75) is 39.4 Å². The fourth-order valence-electron chi connectivity index (χ4n) is 3.33. The Balaban J connectivity index is 1.67. The number of pyridine rings is 1. The molecule has 5 nitrogen and oxygen atoms in total. The molecule has 1 aliphatic rings. The number of carbonyl (C=O) groups excluding carboxylic acids is 2. The van der Waals surface area contributed by atoms with E-state index in [1.807, 2.05) is 61.2 Å². The van der Waals surface area contributed by atoms with E-state index >= 15 is 0 Å². The van der Waals surface area contributed by atoms with Gasteiger partial charge in [0, 0.05) is 44.5 Å². The van der Waals surface area contributed by atoms with Crippen LogP contribution in [0.4, 0.5) is 0 Å². The normalized spacial score (nSPS) is 17.0. The summed E-state index contributed by atoms with van der Waals surface area (Å²) in [4.78, 5) is 33.2. The van der Waals surface area contributed by atoms with E-state index in [1.54, 1.807) is 17.3 Å². The van der Waals surface area contributed by atoms with E-state index in [-0.39, 0.29) is 30.2 Å². The maximum Gasteiger partial charge on any atom is 0.228 e. The Morgan fingerprint density at radius 1 is 1.19 bits per heavy atom. The van der Waals surface area contributed by atoms with E-state index < -0.39 is 0 Å². The predicted molar refractivity (Wildman–Crippen MR) is 99.9 cm³/mol. The SMILES string of the molecule is CC(C)N(Cc1ccccc1)C(=O)C1CC(=O)N(Cc2cccnc2)C1. The summed E-state index contributed by atoms with van der Waals surface area (Å²) in [5, 5.41) is 0. The van der Waals surface area contributed by atoms with Gasteiger partial charge in [-0.2, -0.15) is 0 Å². The highest BCUT2D eigenvalue weighted by atomic mass is 16.2. The molecule has 1 saturated heterocycles. The lowest BCUT2D eigenvalue weighted by molar-refractivity contribution is -0.138. The van der Waals surface area contributed by atoms with Crippen LogP contribution in [0.5, 0.6) is 0 Å². The Bertz CT molecular complexity index is 746. The summed E-state index contributed by atoms with van der Waals surface area (Å²) in [6, 6.07) is 13.9. The molecule has 2 heterocycles. The molecule has 3 rings (SSSR count). The van der Waals surface area contributed by atoms with E-state index in [0.29, 0.717) is 19.6 Å². The van der Waals surface area contributed by atoms with Crippen LogP contribution in [0.25, 0.3) is 0 Å². The maximum atomic E-state index is 13.1. The quantitative estimate of drug-likeness (QED) is 0.804. The summed E-state index contributed by atoms with van der Waals surface area (Å²) in [7, 11) is 0. The van der Waals surface area contributed by atoms with Crippen molar-refractivity contribution >= 4 is 11.8 Å². The maximum absolute atomic E-state index is 13.1. The summed E-state index contributed by atoms with van der Waals surface area (Å²) in [5.74, 6) is -0.174. The molecule has 1 atom stereocenters. The first-order valence-corrected chi connectivity index (χ1v) is 9.05. The molecule has 0 radical (unpaired) electrons. The first-order chi connectivity index (χ1) is 12.5. The van der Waals surface area contributed by atoms with E-state index in [9.17, 15) is 9.59 Å². The molecule has 1 aromatic heterocycles. The second-order valence-electron chi connectivity index (χ2n) is 7.08. The lowest BCUT2D eigenvalue weighted by Crippen LogP contribution is -2.41. The number of hydrogen-bond donors (Lipinski definition) is 0. The van der Waals surface area contributed by atoms with Gasteiger partial charge < -0.3 is 9.80 Å². The number of nitrogens with zero attached hydrogens (tertiary/aromatic N) is 3. The van der Waals surface area contributed by atoms with Crippen molar-refractivity contribution in [2.24, 2.45) is 5.92 Å². The molecular formula is C21H25N3O2. The molecule has 0 aliphatic carbocycles. The summed E-state index contributed by atoms with van der Waals surface area (Å²) in [6.45, 7) is 5.60. The molecular weight excluding hydrogens is 326 g/mol. The topological polar surface area (TPSA) is 53.5 Å². The van der Waals surface area contributed by atoms with E-state index in [0.717, 1.165) is 11.1 Å². The molecule has 0 saturated carbocycles. The Kier molecular flexibility index (Phi) is 5.66. The van der Waals surface area contributed by atoms with Crippen molar-refractivity contribution in [3.05, 3.63) is 66.0 Å². The van der Waals surface area contributed by atoms with Gasteiger partial charge in [0.15, 0.2) is 0 Å². The van der Waals surface area contributed by atoms with E-state index in [4.69, 9.17) is 0 Å². The summed E-state index contributed by atoms with van der Waals surface area (Å²) in [6.07, 6.45) is 3.76. The van der Waals surface area contributed by atoms with Gasteiger partial charge in [0.25, 0.3) is 0 Å². The van der Waals surface area contributed by atoms with E-state index in [1.165, 1.54) is 0 Å². The highest BCUT2D eigenvalue weighted by Gasteiger charge is 2.37. The zero-order valence-electron chi connectivity index (χ0n) is 15.3. The Labute approximate surface area is 154 Å². The summed E-state index contributed by atoms with van der Waals surface area (Å²) < 4.78 is 0. The van der Waals surface area contributed by atoms with E-state index in [2.05, 4.69) is 4.98 Å². The van der Waals surface area contributed by atoms with Crippen LogP contribution in [0.3, 0.4) is 0 Å². The van der Waals surface area contributed by atoms with Crippen LogP contribution < -0.4 is 0 Å². The molecule has 136 valence electrons. The van der Waals surface area contributed by atoms with Crippen molar-refractivity contribution in [3.8, 4) is 0 Å². The zero-order valence-corrected chi connectivity index (χ0v) is 15.3. The molecule has 1 unspecified atom stereocenters. The minimum Gasteiger partial charge on any atom is -0.337 e. The third-order valence-corrected chi connectivity index (χ3v) is 4.76. The van der Waals surface area contributed by atoms with Gasteiger partial charge in [-0.05, 0) is 31.0 Å². The Hall–Kier alpha value is -2.69. The van der Waals surface area contributed by atoms with Gasteiger partial charge in [-0.25, -0.2) is 0 Å². The molecule has 2 amide bonds. The van der Waals surface area contributed by atoms with Crippen LogP contribution >= 0.6 is 0 Å². The second kappa shape index (κ2) is 8.13. The number of likely N-dealkylation sites (tertiary alicyclic amines) is 1. The van der Waals surface area contributed by atoms with Crippen molar-refractivity contribution in [3.63, 3.8) is 0 Å². The minimum absolute atomic E-state index is 0.0376. The Morgan fingerprint density at radius 2 is 1.92 bits per heavy atom. The number of aromatic nitrogens is 1. The first-order valence-electron chi connectivity index (χ1n) is 9.05. The van der Waals surface area contributed by atoms with Crippen molar-refractivity contribution < 1.29 is 9.59 Å². The zero-order chi connectivity index (χ0) is 18.5. The largest absolute Gasteiger partial charge is 0.337 e. The molecule has 0 N–H and O–H groups in total. The monoisotopic (exact) mass is 351 g/mol. The third-order valence-electron chi connectivity index (χ3n) is 4.76. The number of rotatable bonds is 6. The molecule has 2 aromatic rings. The lowest BCUT2D eigenvalue weighted by Gasteiger charge is -2.29. The van der Waals surface area contributed by atoms with Crippen LogP contribution in [0.2, 0.25) is 0 Å². The minimum atomic E-state index is -0.273.